The second-order valence-electron chi connectivity index (χ2n) is 9.04. The van der Waals surface area contributed by atoms with Crippen LogP contribution in [0.15, 0.2) is 12.7 Å². The molecule has 1 saturated carbocycles. The second-order valence-corrected chi connectivity index (χ2v) is 9.04. The summed E-state index contributed by atoms with van der Waals surface area (Å²) in [5, 5.41) is 24.4. The molecule has 12 heteroatoms. The molecule has 0 spiro atoms. The number of nitrogens with zero attached hydrogens (tertiary/aromatic N) is 4. The third-order valence-electron chi connectivity index (χ3n) is 6.31. The smallest absolute Gasteiger partial charge is 0.306 e. The molecule has 2 aromatic heterocycles. The van der Waals surface area contributed by atoms with E-state index in [2.05, 4.69) is 20.3 Å². The second kappa shape index (κ2) is 11.3. The first-order chi connectivity index (χ1) is 16.9. The van der Waals surface area contributed by atoms with Crippen LogP contribution in [0.5, 0.6) is 0 Å². The maximum Gasteiger partial charge on any atom is 0.306 e. The molecule has 2 aromatic rings. The molecular formula is C23H33N5O7. The number of ether oxygens (including phenoxy) is 3. The molecule has 6 atom stereocenters. The molecule has 0 radical (unpaired) electrons. The van der Waals surface area contributed by atoms with Gasteiger partial charge in [0.2, 0.25) is 0 Å². The summed E-state index contributed by atoms with van der Waals surface area (Å²) in [5.74, 6) is -0.0264. The number of hydrogen-bond acceptors (Lipinski definition) is 11. The van der Waals surface area contributed by atoms with E-state index < -0.39 is 24.5 Å². The quantitative estimate of drug-likeness (QED) is 0.413. The van der Waals surface area contributed by atoms with Crippen LogP contribution in [0.2, 0.25) is 0 Å². The van der Waals surface area contributed by atoms with E-state index in [0.29, 0.717) is 36.2 Å². The predicted molar refractivity (Wildman–Crippen MR) is 123 cm³/mol. The first-order valence-electron chi connectivity index (χ1n) is 12.2. The summed E-state index contributed by atoms with van der Waals surface area (Å²) < 4.78 is 18.0. The van der Waals surface area contributed by atoms with Gasteiger partial charge in [0.05, 0.1) is 6.33 Å². The Morgan fingerprint density at radius 3 is 2.66 bits per heavy atom. The summed E-state index contributed by atoms with van der Waals surface area (Å²) in [6.07, 6.45) is 2.80. The summed E-state index contributed by atoms with van der Waals surface area (Å²) in [5.41, 5.74) is 0.910. The van der Waals surface area contributed by atoms with Crippen molar-refractivity contribution in [2.24, 2.45) is 0 Å². The van der Waals surface area contributed by atoms with Crippen LogP contribution in [-0.2, 0) is 23.8 Å². The molecule has 0 aromatic carbocycles. The Balaban J connectivity index is 1.42. The van der Waals surface area contributed by atoms with Gasteiger partial charge < -0.3 is 29.7 Å². The van der Waals surface area contributed by atoms with Gasteiger partial charge in [-0.15, -0.1) is 0 Å². The summed E-state index contributed by atoms with van der Waals surface area (Å²) in [7, 11) is 0. The van der Waals surface area contributed by atoms with Gasteiger partial charge in [-0.3, -0.25) is 14.2 Å². The highest BCUT2D eigenvalue weighted by atomic mass is 16.6. The zero-order chi connectivity index (χ0) is 24.9. The fourth-order valence-corrected chi connectivity index (χ4v) is 4.51. The molecule has 4 rings (SSSR count). The monoisotopic (exact) mass is 491 g/mol. The lowest BCUT2D eigenvalue weighted by molar-refractivity contribution is -0.150. The third-order valence-corrected chi connectivity index (χ3v) is 6.31. The number of anilines is 1. The molecular weight excluding hydrogens is 458 g/mol. The van der Waals surface area contributed by atoms with Crippen molar-refractivity contribution >= 4 is 28.9 Å². The Hall–Kier alpha value is -2.83. The lowest BCUT2D eigenvalue weighted by Crippen LogP contribution is -2.34. The van der Waals surface area contributed by atoms with Crippen molar-refractivity contribution in [1.29, 1.82) is 0 Å². The molecule has 1 aliphatic carbocycles. The Morgan fingerprint density at radius 2 is 1.89 bits per heavy atom. The normalized spacial score (nSPS) is 28.3. The van der Waals surface area contributed by atoms with Crippen LogP contribution in [-0.4, -0.2) is 78.7 Å². The van der Waals surface area contributed by atoms with E-state index in [1.165, 1.54) is 17.2 Å². The Labute approximate surface area is 203 Å². The highest BCUT2D eigenvalue weighted by molar-refractivity contribution is 5.82. The number of fused-ring (bicyclic) bond motifs is 1. The molecule has 2 fully saturated rings. The Kier molecular flexibility index (Phi) is 8.14. The first kappa shape index (κ1) is 25.3. The number of esters is 2. The maximum absolute atomic E-state index is 11.8. The van der Waals surface area contributed by atoms with Gasteiger partial charge in [0.25, 0.3) is 0 Å². The van der Waals surface area contributed by atoms with Gasteiger partial charge >= 0.3 is 11.9 Å². The number of nitrogens with one attached hydrogen (secondary N) is 1. The van der Waals surface area contributed by atoms with Gasteiger partial charge in [0, 0.05) is 25.3 Å². The minimum atomic E-state index is -1.26. The number of hydrogen-bond donors (Lipinski definition) is 3. The summed E-state index contributed by atoms with van der Waals surface area (Å²) in [4.78, 5) is 36.5. The number of aliphatic hydroxyl groups excluding tert-OH is 2. The van der Waals surface area contributed by atoms with Gasteiger partial charge in [0.1, 0.15) is 37.4 Å². The number of carbonyl (C=O) groups is 2. The molecule has 0 bridgehead atoms. The van der Waals surface area contributed by atoms with Crippen molar-refractivity contribution < 1.29 is 34.0 Å². The van der Waals surface area contributed by atoms with Crippen LogP contribution in [0.1, 0.15) is 65.0 Å². The van der Waals surface area contributed by atoms with E-state index in [4.69, 9.17) is 14.2 Å². The molecule has 192 valence electrons. The third kappa shape index (κ3) is 5.71. The van der Waals surface area contributed by atoms with E-state index in [0.717, 1.165) is 19.3 Å². The molecule has 3 N–H and O–H groups in total. The molecule has 3 heterocycles. The number of imidazole rings is 1. The molecule has 12 nitrogen and oxygen atoms in total. The maximum atomic E-state index is 11.8. The van der Waals surface area contributed by atoms with Gasteiger partial charge in [-0.05, 0) is 25.7 Å². The SMILES string of the molecule is CCCC(=O)OCC1OC(n2cnc3c(N[C@@H]4CCC(OC(=O)CCC)C4)ncnc32)[C@H](O)[C@@H]1O. The van der Waals surface area contributed by atoms with E-state index in [1.54, 1.807) is 0 Å². The molecule has 2 aliphatic rings. The Bertz CT molecular complexity index is 1030. The van der Waals surface area contributed by atoms with E-state index >= 15 is 0 Å². The summed E-state index contributed by atoms with van der Waals surface area (Å²) >= 11 is 0. The fraction of sp³-hybridized carbons (Fsp3) is 0.696. The van der Waals surface area contributed by atoms with Crippen LogP contribution in [0.25, 0.3) is 11.2 Å². The van der Waals surface area contributed by atoms with Gasteiger partial charge in [-0.25, -0.2) is 15.0 Å². The standard InChI is InChI=1S/C23H33N5O7/c1-3-5-16(29)33-10-15-19(31)20(32)23(35-15)28-12-26-18-21(24-11-25-22(18)28)27-13-7-8-14(9-13)34-17(30)6-4-2/h11-15,19-20,23,31-32H,3-10H2,1-2H3,(H,24,25,27)/t13-,14?,15?,19-,20-,23?/m1/s1. The topological polar surface area (TPSA) is 158 Å². The minimum absolute atomic E-state index is 0.0648. The summed E-state index contributed by atoms with van der Waals surface area (Å²) in [6.45, 7) is 3.65. The van der Waals surface area contributed by atoms with Crippen LogP contribution in [0, 0.1) is 0 Å². The highest BCUT2D eigenvalue weighted by Crippen LogP contribution is 2.33. The van der Waals surface area contributed by atoms with Crippen molar-refractivity contribution in [1.82, 2.24) is 19.5 Å². The Morgan fingerprint density at radius 1 is 1.11 bits per heavy atom. The first-order valence-corrected chi connectivity index (χ1v) is 12.2. The number of aromatic nitrogens is 4. The predicted octanol–water partition coefficient (Wildman–Crippen LogP) is 1.47. The number of aliphatic hydroxyl groups is 2. The van der Waals surface area contributed by atoms with E-state index in [-0.39, 0.29) is 37.1 Å². The van der Waals surface area contributed by atoms with Crippen LogP contribution < -0.4 is 5.32 Å². The van der Waals surface area contributed by atoms with Crippen molar-refractivity contribution in [3.63, 3.8) is 0 Å². The van der Waals surface area contributed by atoms with Crippen LogP contribution in [0.4, 0.5) is 5.82 Å². The molecule has 1 saturated heterocycles. The van der Waals surface area contributed by atoms with Crippen molar-refractivity contribution in [3.8, 4) is 0 Å². The largest absolute Gasteiger partial charge is 0.463 e. The van der Waals surface area contributed by atoms with Crippen LogP contribution >= 0.6 is 0 Å². The van der Waals surface area contributed by atoms with Crippen molar-refractivity contribution in [3.05, 3.63) is 12.7 Å². The zero-order valence-corrected chi connectivity index (χ0v) is 20.0. The van der Waals surface area contributed by atoms with Gasteiger partial charge in [-0.2, -0.15) is 0 Å². The molecule has 1 aliphatic heterocycles. The van der Waals surface area contributed by atoms with E-state index in [9.17, 15) is 19.8 Å². The lowest BCUT2D eigenvalue weighted by Gasteiger charge is -2.17. The molecule has 3 unspecified atom stereocenters. The lowest BCUT2D eigenvalue weighted by atomic mass is 10.1. The molecule has 35 heavy (non-hydrogen) atoms. The average molecular weight is 492 g/mol. The van der Waals surface area contributed by atoms with Crippen LogP contribution in [0.3, 0.4) is 0 Å². The summed E-state index contributed by atoms with van der Waals surface area (Å²) in [6, 6.07) is 0.0648. The average Bonchev–Trinajstić information content (AvgIpc) is 3.52. The minimum Gasteiger partial charge on any atom is -0.463 e. The van der Waals surface area contributed by atoms with Crippen molar-refractivity contribution in [2.45, 2.75) is 95.5 Å². The van der Waals surface area contributed by atoms with E-state index in [1.807, 2.05) is 13.8 Å². The number of rotatable bonds is 10. The highest BCUT2D eigenvalue weighted by Gasteiger charge is 2.45. The van der Waals surface area contributed by atoms with Crippen molar-refractivity contribution in [2.75, 3.05) is 11.9 Å². The van der Waals surface area contributed by atoms with Gasteiger partial charge in [-0.1, -0.05) is 13.8 Å². The zero-order valence-electron chi connectivity index (χ0n) is 20.0. The number of carbonyl (C=O) groups excluding carboxylic acids is 2. The molecule has 0 amide bonds. The van der Waals surface area contributed by atoms with Gasteiger partial charge in [0.15, 0.2) is 23.2 Å². The fourth-order valence-electron chi connectivity index (χ4n) is 4.51.